The number of nitrogens with one attached hydrogen (secondary N) is 1. The number of furan rings is 1. The van der Waals surface area contributed by atoms with Crippen molar-refractivity contribution in [3.8, 4) is 5.75 Å². The van der Waals surface area contributed by atoms with Crippen molar-refractivity contribution in [1.82, 2.24) is 0 Å². The molecule has 5 nitrogen and oxygen atoms in total. The molecule has 0 spiro atoms. The molecule has 0 atom stereocenters. The first-order valence-corrected chi connectivity index (χ1v) is 5.35. The van der Waals surface area contributed by atoms with Crippen molar-refractivity contribution in [1.29, 1.82) is 0 Å². The zero-order chi connectivity index (χ0) is 13.1. The van der Waals surface area contributed by atoms with Crippen LogP contribution in [0.4, 0.5) is 11.6 Å². The fourth-order valence-electron chi connectivity index (χ4n) is 1.52. The van der Waals surface area contributed by atoms with Gasteiger partial charge < -0.3 is 19.6 Å². The molecule has 2 rings (SSSR count). The van der Waals surface area contributed by atoms with E-state index in [-0.39, 0.29) is 5.76 Å². The molecule has 0 aliphatic carbocycles. The topological polar surface area (TPSA) is 71.7 Å². The van der Waals surface area contributed by atoms with E-state index in [9.17, 15) is 4.79 Å². The van der Waals surface area contributed by atoms with Gasteiger partial charge in [0.25, 0.3) is 0 Å². The highest BCUT2D eigenvalue weighted by Gasteiger charge is 2.09. The Morgan fingerprint density at radius 2 is 2.11 bits per heavy atom. The summed E-state index contributed by atoms with van der Waals surface area (Å²) in [6, 6.07) is 8.55. The Hall–Kier alpha value is -2.43. The molecule has 0 aliphatic rings. The number of benzene rings is 1. The molecule has 0 amide bonds. The van der Waals surface area contributed by atoms with E-state index in [1.807, 2.05) is 25.1 Å². The van der Waals surface area contributed by atoms with Crippen LogP contribution in [-0.4, -0.2) is 18.2 Å². The van der Waals surface area contributed by atoms with Crippen LogP contribution in [0.15, 0.2) is 34.7 Å². The number of methoxy groups -OCH3 is 1. The number of carbonyl (C=O) groups is 1. The SMILES string of the molecule is COc1ccc(C)c(Nc2ccc(C(=O)O)o2)c1. The number of aryl methyl sites for hydroxylation is 1. The summed E-state index contributed by atoms with van der Waals surface area (Å²) < 4.78 is 10.3. The minimum Gasteiger partial charge on any atom is -0.497 e. The Kier molecular flexibility index (Phi) is 3.23. The molecule has 0 bridgehead atoms. The van der Waals surface area contributed by atoms with Gasteiger partial charge in [0.15, 0.2) is 5.88 Å². The van der Waals surface area contributed by atoms with Gasteiger partial charge in [0.05, 0.1) is 7.11 Å². The van der Waals surface area contributed by atoms with E-state index in [4.69, 9.17) is 14.3 Å². The van der Waals surface area contributed by atoms with Crippen molar-refractivity contribution in [3.63, 3.8) is 0 Å². The van der Waals surface area contributed by atoms with Gasteiger partial charge in [0.2, 0.25) is 5.76 Å². The maximum atomic E-state index is 10.7. The molecule has 0 saturated heterocycles. The van der Waals surface area contributed by atoms with Gasteiger partial charge >= 0.3 is 5.97 Å². The summed E-state index contributed by atoms with van der Waals surface area (Å²) in [5.41, 5.74) is 1.81. The van der Waals surface area contributed by atoms with Crippen LogP contribution in [0.5, 0.6) is 5.75 Å². The van der Waals surface area contributed by atoms with Gasteiger partial charge in [-0.15, -0.1) is 0 Å². The number of carboxylic acid groups (broad SMARTS) is 1. The molecule has 0 unspecified atom stereocenters. The second-order valence-corrected chi connectivity index (χ2v) is 3.77. The maximum Gasteiger partial charge on any atom is 0.371 e. The van der Waals surface area contributed by atoms with Crippen LogP contribution in [0.1, 0.15) is 16.1 Å². The fraction of sp³-hybridized carbons (Fsp3) is 0.154. The number of anilines is 2. The number of carboxylic acids is 1. The third-order valence-corrected chi connectivity index (χ3v) is 2.52. The maximum absolute atomic E-state index is 10.7. The molecule has 94 valence electrons. The lowest BCUT2D eigenvalue weighted by Gasteiger charge is -2.08. The summed E-state index contributed by atoms with van der Waals surface area (Å²) >= 11 is 0. The van der Waals surface area contributed by atoms with Gasteiger partial charge in [-0.3, -0.25) is 0 Å². The molecular formula is C13H13NO4. The summed E-state index contributed by atoms with van der Waals surface area (Å²) in [7, 11) is 1.59. The zero-order valence-electron chi connectivity index (χ0n) is 10.1. The normalized spacial score (nSPS) is 10.1. The van der Waals surface area contributed by atoms with Crippen LogP contribution in [0.25, 0.3) is 0 Å². The Morgan fingerprint density at radius 3 is 2.72 bits per heavy atom. The minimum absolute atomic E-state index is 0.0990. The van der Waals surface area contributed by atoms with E-state index < -0.39 is 5.97 Å². The molecule has 0 fully saturated rings. The van der Waals surface area contributed by atoms with Crippen LogP contribution in [0, 0.1) is 6.92 Å². The Balaban J connectivity index is 2.24. The van der Waals surface area contributed by atoms with Crippen molar-refractivity contribution < 1.29 is 19.1 Å². The Labute approximate surface area is 104 Å². The quantitative estimate of drug-likeness (QED) is 0.868. The predicted octanol–water partition coefficient (Wildman–Crippen LogP) is 3.04. The first-order valence-electron chi connectivity index (χ1n) is 5.35. The molecule has 2 aromatic rings. The van der Waals surface area contributed by atoms with Crippen LogP contribution in [-0.2, 0) is 0 Å². The lowest BCUT2D eigenvalue weighted by Crippen LogP contribution is -1.94. The van der Waals surface area contributed by atoms with E-state index >= 15 is 0 Å². The second-order valence-electron chi connectivity index (χ2n) is 3.77. The smallest absolute Gasteiger partial charge is 0.371 e. The predicted molar refractivity (Wildman–Crippen MR) is 66.7 cm³/mol. The van der Waals surface area contributed by atoms with Crippen LogP contribution in [0.2, 0.25) is 0 Å². The molecule has 0 saturated carbocycles. The van der Waals surface area contributed by atoms with Gasteiger partial charge in [-0.05, 0) is 24.6 Å². The average Bonchev–Trinajstić information content (AvgIpc) is 2.81. The van der Waals surface area contributed by atoms with Crippen molar-refractivity contribution in [2.45, 2.75) is 6.92 Å². The molecule has 5 heteroatoms. The Morgan fingerprint density at radius 1 is 1.33 bits per heavy atom. The summed E-state index contributed by atoms with van der Waals surface area (Å²) in [4.78, 5) is 10.7. The number of ether oxygens (including phenoxy) is 1. The van der Waals surface area contributed by atoms with E-state index in [2.05, 4.69) is 5.32 Å². The third kappa shape index (κ3) is 2.45. The molecule has 2 N–H and O–H groups in total. The lowest BCUT2D eigenvalue weighted by molar-refractivity contribution is 0.0663. The van der Waals surface area contributed by atoms with Crippen molar-refractivity contribution >= 4 is 17.5 Å². The van der Waals surface area contributed by atoms with Gasteiger partial charge in [0, 0.05) is 17.8 Å². The van der Waals surface area contributed by atoms with Crippen LogP contribution >= 0.6 is 0 Å². The van der Waals surface area contributed by atoms with E-state index in [1.165, 1.54) is 6.07 Å². The molecule has 0 radical (unpaired) electrons. The van der Waals surface area contributed by atoms with Crippen LogP contribution in [0.3, 0.4) is 0 Å². The summed E-state index contributed by atoms with van der Waals surface area (Å²) in [5, 5.41) is 11.8. The molecular weight excluding hydrogens is 234 g/mol. The molecule has 1 aromatic carbocycles. The first kappa shape index (κ1) is 12.0. The van der Waals surface area contributed by atoms with Gasteiger partial charge in [-0.2, -0.15) is 0 Å². The fourth-order valence-corrected chi connectivity index (χ4v) is 1.52. The number of aromatic carboxylic acids is 1. The minimum atomic E-state index is -1.09. The highest BCUT2D eigenvalue weighted by Crippen LogP contribution is 2.26. The van der Waals surface area contributed by atoms with Gasteiger partial charge in [-0.1, -0.05) is 6.07 Å². The molecule has 0 aliphatic heterocycles. The summed E-state index contributed by atoms with van der Waals surface area (Å²) in [6.07, 6.45) is 0. The van der Waals surface area contributed by atoms with Crippen molar-refractivity contribution in [2.24, 2.45) is 0 Å². The highest BCUT2D eigenvalue weighted by atomic mass is 16.5. The van der Waals surface area contributed by atoms with Gasteiger partial charge in [0.1, 0.15) is 5.75 Å². The lowest BCUT2D eigenvalue weighted by atomic mass is 10.2. The highest BCUT2D eigenvalue weighted by molar-refractivity contribution is 5.85. The molecule has 18 heavy (non-hydrogen) atoms. The number of hydrogen-bond acceptors (Lipinski definition) is 4. The van der Waals surface area contributed by atoms with E-state index in [1.54, 1.807) is 13.2 Å². The van der Waals surface area contributed by atoms with Crippen molar-refractivity contribution in [3.05, 3.63) is 41.7 Å². The number of rotatable bonds is 4. The van der Waals surface area contributed by atoms with E-state index in [0.29, 0.717) is 11.6 Å². The number of hydrogen-bond donors (Lipinski definition) is 2. The molecule has 1 aromatic heterocycles. The van der Waals surface area contributed by atoms with E-state index in [0.717, 1.165) is 11.3 Å². The first-order chi connectivity index (χ1) is 8.60. The monoisotopic (exact) mass is 247 g/mol. The van der Waals surface area contributed by atoms with Crippen molar-refractivity contribution in [2.75, 3.05) is 12.4 Å². The second kappa shape index (κ2) is 4.83. The zero-order valence-corrected chi connectivity index (χ0v) is 10.1. The molecule has 1 heterocycles. The standard InChI is InChI=1S/C13H13NO4/c1-8-3-4-9(17-2)7-10(8)14-12-6-5-11(18-12)13(15)16/h3-7,14H,1-2H3,(H,15,16). The van der Waals surface area contributed by atoms with Crippen LogP contribution < -0.4 is 10.1 Å². The average molecular weight is 247 g/mol. The summed E-state index contributed by atoms with van der Waals surface area (Å²) in [5.74, 6) is -0.0969. The van der Waals surface area contributed by atoms with Gasteiger partial charge in [-0.25, -0.2) is 4.79 Å². The third-order valence-electron chi connectivity index (χ3n) is 2.52. The largest absolute Gasteiger partial charge is 0.497 e. The summed E-state index contributed by atoms with van der Waals surface area (Å²) in [6.45, 7) is 1.93. The Bertz CT molecular complexity index is 574.